The molecule has 3 nitrogen and oxygen atoms in total. The molecular formula is C15H24N2O. The van der Waals surface area contributed by atoms with Crippen LogP contribution in [0.25, 0.3) is 0 Å². The number of hydrazine groups is 1. The number of benzene rings is 1. The molecule has 0 radical (unpaired) electrons. The van der Waals surface area contributed by atoms with Crippen LogP contribution in [-0.2, 0) is 0 Å². The fraction of sp³-hybridized carbons (Fsp3) is 0.600. The molecule has 0 aromatic heterocycles. The lowest BCUT2D eigenvalue weighted by Crippen LogP contribution is -2.52. The van der Waals surface area contributed by atoms with Crippen LogP contribution in [0.2, 0.25) is 0 Å². The summed E-state index contributed by atoms with van der Waals surface area (Å²) in [5.41, 5.74) is 4.71. The lowest BCUT2D eigenvalue weighted by molar-refractivity contribution is 0.0320. The monoisotopic (exact) mass is 248 g/mol. The van der Waals surface area contributed by atoms with E-state index in [0.717, 1.165) is 5.56 Å². The van der Waals surface area contributed by atoms with Gasteiger partial charge < -0.3 is 5.11 Å². The topological polar surface area (TPSA) is 35.5 Å². The molecule has 0 bridgehead atoms. The van der Waals surface area contributed by atoms with E-state index >= 15 is 0 Å². The predicted octanol–water partition coefficient (Wildman–Crippen LogP) is 3.22. The Morgan fingerprint density at radius 2 is 1.94 bits per heavy atom. The molecule has 1 aliphatic heterocycles. The summed E-state index contributed by atoms with van der Waals surface area (Å²) in [5, 5.41) is 11.9. The van der Waals surface area contributed by atoms with E-state index in [-0.39, 0.29) is 6.04 Å². The number of piperidine rings is 1. The Hall–Kier alpha value is -1.06. The van der Waals surface area contributed by atoms with Crippen molar-refractivity contribution in [1.29, 1.82) is 0 Å². The molecule has 2 rings (SSSR count). The molecule has 3 heteroatoms. The molecule has 0 amide bonds. The van der Waals surface area contributed by atoms with Crippen molar-refractivity contribution in [3.8, 4) is 5.75 Å². The maximum absolute atomic E-state index is 9.53. The van der Waals surface area contributed by atoms with Gasteiger partial charge in [0.25, 0.3) is 0 Å². The Morgan fingerprint density at radius 3 is 2.56 bits per heavy atom. The van der Waals surface area contributed by atoms with Gasteiger partial charge in [-0.2, -0.15) is 0 Å². The molecular weight excluding hydrogens is 224 g/mol. The fourth-order valence-corrected chi connectivity index (χ4v) is 2.77. The summed E-state index contributed by atoms with van der Waals surface area (Å²) in [4.78, 5) is 0. The minimum Gasteiger partial charge on any atom is -0.508 e. The Morgan fingerprint density at radius 1 is 1.28 bits per heavy atom. The first kappa shape index (κ1) is 13.4. The molecule has 3 unspecified atom stereocenters. The van der Waals surface area contributed by atoms with Crippen LogP contribution < -0.4 is 5.43 Å². The maximum Gasteiger partial charge on any atom is 0.115 e. The number of hydrogen-bond donors (Lipinski definition) is 2. The standard InChI is InChI=1S/C15H24N2O/c1-11-6-4-7-12(2)17(11)16-13(3)14-8-5-9-15(18)10-14/h5,8-13,16,18H,4,6-7H2,1-3H3. The number of rotatable bonds is 3. The molecule has 3 atom stereocenters. The van der Waals surface area contributed by atoms with Crippen molar-refractivity contribution < 1.29 is 5.11 Å². The maximum atomic E-state index is 9.53. The molecule has 1 fully saturated rings. The summed E-state index contributed by atoms with van der Waals surface area (Å²) in [5.74, 6) is 0.334. The smallest absolute Gasteiger partial charge is 0.115 e. The Labute approximate surface area is 110 Å². The lowest BCUT2D eigenvalue weighted by Gasteiger charge is -2.41. The van der Waals surface area contributed by atoms with Gasteiger partial charge in [-0.1, -0.05) is 18.6 Å². The van der Waals surface area contributed by atoms with Crippen molar-refractivity contribution >= 4 is 0 Å². The molecule has 2 N–H and O–H groups in total. The molecule has 1 aliphatic rings. The zero-order valence-electron chi connectivity index (χ0n) is 11.6. The second kappa shape index (κ2) is 5.72. The molecule has 0 spiro atoms. The van der Waals surface area contributed by atoms with E-state index in [2.05, 4.69) is 37.3 Å². The van der Waals surface area contributed by atoms with Crippen molar-refractivity contribution in [1.82, 2.24) is 10.4 Å². The summed E-state index contributed by atoms with van der Waals surface area (Å²) < 4.78 is 0. The van der Waals surface area contributed by atoms with E-state index in [9.17, 15) is 5.11 Å². The van der Waals surface area contributed by atoms with Crippen molar-refractivity contribution in [2.45, 2.75) is 58.2 Å². The van der Waals surface area contributed by atoms with Crippen LogP contribution >= 0.6 is 0 Å². The van der Waals surface area contributed by atoms with Crippen LogP contribution in [0.15, 0.2) is 24.3 Å². The van der Waals surface area contributed by atoms with Crippen LogP contribution in [0.4, 0.5) is 0 Å². The zero-order chi connectivity index (χ0) is 13.1. The Kier molecular flexibility index (Phi) is 4.25. The molecule has 1 aromatic rings. The second-order valence-corrected chi connectivity index (χ2v) is 5.48. The van der Waals surface area contributed by atoms with E-state index in [1.165, 1.54) is 19.3 Å². The lowest BCUT2D eigenvalue weighted by atomic mass is 9.99. The molecule has 100 valence electrons. The first-order chi connectivity index (χ1) is 8.58. The van der Waals surface area contributed by atoms with Gasteiger partial charge in [0, 0.05) is 18.1 Å². The van der Waals surface area contributed by atoms with Crippen molar-refractivity contribution in [2.75, 3.05) is 0 Å². The highest BCUT2D eigenvalue weighted by atomic mass is 16.3. The van der Waals surface area contributed by atoms with Gasteiger partial charge in [-0.25, -0.2) is 10.4 Å². The average Bonchev–Trinajstić information content (AvgIpc) is 2.34. The molecule has 18 heavy (non-hydrogen) atoms. The van der Waals surface area contributed by atoms with Crippen LogP contribution in [0.1, 0.15) is 51.6 Å². The quantitative estimate of drug-likeness (QED) is 0.862. The minimum absolute atomic E-state index is 0.222. The summed E-state index contributed by atoms with van der Waals surface area (Å²) in [6.45, 7) is 6.69. The third kappa shape index (κ3) is 3.03. The molecule has 1 aromatic carbocycles. The van der Waals surface area contributed by atoms with E-state index in [1.807, 2.05) is 12.1 Å². The van der Waals surface area contributed by atoms with Crippen LogP contribution in [0.3, 0.4) is 0 Å². The predicted molar refractivity (Wildman–Crippen MR) is 74.3 cm³/mol. The first-order valence-electron chi connectivity index (χ1n) is 6.91. The third-order valence-corrected chi connectivity index (χ3v) is 3.91. The van der Waals surface area contributed by atoms with Gasteiger partial charge >= 0.3 is 0 Å². The highest BCUT2D eigenvalue weighted by Crippen LogP contribution is 2.24. The minimum atomic E-state index is 0.222. The number of aromatic hydroxyl groups is 1. The van der Waals surface area contributed by atoms with Crippen molar-refractivity contribution in [3.63, 3.8) is 0 Å². The van der Waals surface area contributed by atoms with E-state index in [4.69, 9.17) is 0 Å². The van der Waals surface area contributed by atoms with Gasteiger partial charge in [-0.05, 0) is 51.3 Å². The van der Waals surface area contributed by atoms with Crippen LogP contribution in [0.5, 0.6) is 5.75 Å². The largest absolute Gasteiger partial charge is 0.508 e. The third-order valence-electron chi connectivity index (χ3n) is 3.91. The highest BCUT2D eigenvalue weighted by molar-refractivity contribution is 5.28. The first-order valence-corrected chi connectivity index (χ1v) is 6.91. The van der Waals surface area contributed by atoms with Gasteiger partial charge in [0.05, 0.1) is 0 Å². The average molecular weight is 248 g/mol. The molecule has 1 heterocycles. The van der Waals surface area contributed by atoms with Crippen molar-refractivity contribution in [3.05, 3.63) is 29.8 Å². The van der Waals surface area contributed by atoms with Gasteiger partial charge in [0.1, 0.15) is 5.75 Å². The number of nitrogens with one attached hydrogen (secondary N) is 1. The van der Waals surface area contributed by atoms with E-state index < -0.39 is 0 Å². The van der Waals surface area contributed by atoms with Crippen LogP contribution in [-0.4, -0.2) is 22.2 Å². The molecule has 0 saturated carbocycles. The fourth-order valence-electron chi connectivity index (χ4n) is 2.77. The van der Waals surface area contributed by atoms with Crippen molar-refractivity contribution in [2.24, 2.45) is 0 Å². The Balaban J connectivity index is 2.04. The zero-order valence-corrected chi connectivity index (χ0v) is 11.6. The van der Waals surface area contributed by atoms with Gasteiger partial charge in [0.2, 0.25) is 0 Å². The summed E-state index contributed by atoms with van der Waals surface area (Å²) in [6, 6.07) is 8.86. The SMILES string of the molecule is CC(NN1C(C)CCCC1C)c1cccc(O)c1. The van der Waals surface area contributed by atoms with Crippen LogP contribution in [0, 0.1) is 0 Å². The highest BCUT2D eigenvalue weighted by Gasteiger charge is 2.25. The number of hydrogen-bond acceptors (Lipinski definition) is 3. The normalized spacial score (nSPS) is 27.1. The summed E-state index contributed by atoms with van der Waals surface area (Å²) >= 11 is 0. The number of nitrogens with zero attached hydrogens (tertiary/aromatic N) is 1. The van der Waals surface area contributed by atoms with Gasteiger partial charge in [0.15, 0.2) is 0 Å². The molecule has 1 saturated heterocycles. The summed E-state index contributed by atoms with van der Waals surface area (Å²) in [6.07, 6.45) is 3.83. The number of phenols is 1. The van der Waals surface area contributed by atoms with E-state index in [1.54, 1.807) is 6.07 Å². The second-order valence-electron chi connectivity index (χ2n) is 5.48. The van der Waals surface area contributed by atoms with Gasteiger partial charge in [-0.15, -0.1) is 0 Å². The van der Waals surface area contributed by atoms with E-state index in [0.29, 0.717) is 17.8 Å². The number of phenolic OH excluding ortho intramolecular Hbond substituents is 1. The summed E-state index contributed by atoms with van der Waals surface area (Å²) in [7, 11) is 0. The molecule has 0 aliphatic carbocycles. The van der Waals surface area contributed by atoms with Gasteiger partial charge in [-0.3, -0.25) is 0 Å². The Bertz CT molecular complexity index is 384.